The fourth-order valence-corrected chi connectivity index (χ4v) is 8.19. The Hall–Kier alpha value is -7.63. The lowest BCUT2D eigenvalue weighted by molar-refractivity contribution is 0.950. The van der Waals surface area contributed by atoms with E-state index in [-0.39, 0.29) is 0 Å². The van der Waals surface area contributed by atoms with E-state index in [4.69, 9.17) is 15.0 Å². The van der Waals surface area contributed by atoms with Crippen molar-refractivity contribution in [1.82, 2.24) is 24.1 Å². The molecule has 0 aliphatic carbocycles. The van der Waals surface area contributed by atoms with Gasteiger partial charge in [0.15, 0.2) is 11.6 Å². The Kier molecular flexibility index (Phi) is 7.42. The van der Waals surface area contributed by atoms with Crippen LogP contribution in [0.3, 0.4) is 0 Å². The molecule has 8 aromatic carbocycles. The highest BCUT2D eigenvalue weighted by atomic mass is 15.2. The smallest absolute Gasteiger partial charge is 0.238 e. The molecule has 3 heterocycles. The number of aromatic nitrogens is 5. The van der Waals surface area contributed by atoms with Crippen molar-refractivity contribution in [2.45, 2.75) is 0 Å². The zero-order valence-corrected chi connectivity index (χ0v) is 30.3. The van der Waals surface area contributed by atoms with E-state index in [0.717, 1.165) is 71.9 Å². The summed E-state index contributed by atoms with van der Waals surface area (Å²) in [5.41, 5.74) is 11.8. The molecule has 0 aliphatic rings. The van der Waals surface area contributed by atoms with Gasteiger partial charge >= 0.3 is 0 Å². The standard InChI is InChI=1S/C51H33N5/c1-5-17-34(18-6-1)38-29-30-46-42(31-38)43-32-39(35-19-7-2-8-20-35)33-47(55-44-27-15-13-25-40(44)41-26-14-16-28-45(41)55)48(43)56(46)51-53-49(36-21-9-3-10-22-36)52-50(54-51)37-23-11-4-12-24-37/h1-33H. The van der Waals surface area contributed by atoms with E-state index in [1.165, 1.54) is 10.8 Å². The van der Waals surface area contributed by atoms with E-state index in [0.29, 0.717) is 17.6 Å². The molecule has 0 amide bonds. The zero-order valence-electron chi connectivity index (χ0n) is 30.3. The Morgan fingerprint density at radius 1 is 0.286 bits per heavy atom. The molecule has 56 heavy (non-hydrogen) atoms. The molecule has 262 valence electrons. The fourth-order valence-electron chi connectivity index (χ4n) is 8.19. The Morgan fingerprint density at radius 3 is 1.29 bits per heavy atom. The van der Waals surface area contributed by atoms with Gasteiger partial charge in [-0.25, -0.2) is 4.98 Å². The summed E-state index contributed by atoms with van der Waals surface area (Å²) in [6, 6.07) is 70.5. The van der Waals surface area contributed by atoms with Crippen molar-refractivity contribution >= 4 is 43.6 Å². The predicted molar refractivity (Wildman–Crippen MR) is 230 cm³/mol. The Morgan fingerprint density at radius 2 is 0.732 bits per heavy atom. The Labute approximate surface area is 323 Å². The number of rotatable bonds is 6. The molecule has 3 aromatic heterocycles. The van der Waals surface area contributed by atoms with E-state index in [1.807, 2.05) is 36.4 Å². The molecule has 0 fully saturated rings. The molecule has 0 saturated carbocycles. The largest absolute Gasteiger partial charge is 0.307 e. The molecule has 5 nitrogen and oxygen atoms in total. The molecule has 11 rings (SSSR count). The molecule has 0 bridgehead atoms. The van der Waals surface area contributed by atoms with Crippen molar-refractivity contribution in [1.29, 1.82) is 0 Å². The lowest BCUT2D eigenvalue weighted by Crippen LogP contribution is -2.08. The monoisotopic (exact) mass is 715 g/mol. The highest BCUT2D eigenvalue weighted by molar-refractivity contribution is 6.16. The summed E-state index contributed by atoms with van der Waals surface area (Å²) >= 11 is 0. The normalized spacial score (nSPS) is 11.6. The van der Waals surface area contributed by atoms with E-state index in [9.17, 15) is 0 Å². The third-order valence-electron chi connectivity index (χ3n) is 10.8. The van der Waals surface area contributed by atoms with Gasteiger partial charge in [-0.15, -0.1) is 0 Å². The number of fused-ring (bicyclic) bond motifs is 6. The first kappa shape index (κ1) is 31.9. The van der Waals surface area contributed by atoms with E-state index in [1.54, 1.807) is 0 Å². The van der Waals surface area contributed by atoms with E-state index >= 15 is 0 Å². The SMILES string of the molecule is c1ccc(-c2ccc3c(c2)c2cc(-c4ccccc4)cc(-n4c5ccccc5c5ccccc54)c2n3-c2nc(-c3ccccc3)nc(-c3ccccc3)n2)cc1. The summed E-state index contributed by atoms with van der Waals surface area (Å²) in [4.78, 5) is 15.7. The van der Waals surface area contributed by atoms with Crippen LogP contribution in [0, 0.1) is 0 Å². The Balaban J connectivity index is 1.33. The summed E-state index contributed by atoms with van der Waals surface area (Å²) in [5.74, 6) is 1.79. The van der Waals surface area contributed by atoms with Gasteiger partial charge in [0.2, 0.25) is 5.95 Å². The summed E-state index contributed by atoms with van der Waals surface area (Å²) in [5, 5.41) is 4.63. The molecule has 0 N–H and O–H groups in total. The van der Waals surface area contributed by atoms with Crippen LogP contribution in [0.25, 0.3) is 100 Å². The quantitative estimate of drug-likeness (QED) is 0.172. The molecule has 0 aliphatic heterocycles. The second-order valence-electron chi connectivity index (χ2n) is 14.1. The third-order valence-corrected chi connectivity index (χ3v) is 10.8. The van der Waals surface area contributed by atoms with E-state index in [2.05, 4.69) is 173 Å². The van der Waals surface area contributed by atoms with Gasteiger partial charge in [-0.1, -0.05) is 164 Å². The minimum absolute atomic E-state index is 0.555. The first-order valence-corrected chi connectivity index (χ1v) is 18.9. The minimum Gasteiger partial charge on any atom is -0.307 e. The zero-order chi connectivity index (χ0) is 37.0. The third kappa shape index (κ3) is 5.21. The Bertz CT molecular complexity index is 3110. The van der Waals surface area contributed by atoms with Crippen LogP contribution in [0.15, 0.2) is 200 Å². The summed E-state index contributed by atoms with van der Waals surface area (Å²) in [7, 11) is 0. The number of hydrogen-bond acceptors (Lipinski definition) is 3. The van der Waals surface area contributed by atoms with Gasteiger partial charge in [0.05, 0.1) is 27.8 Å². The first-order valence-electron chi connectivity index (χ1n) is 18.9. The summed E-state index contributed by atoms with van der Waals surface area (Å²) in [6.45, 7) is 0. The van der Waals surface area contributed by atoms with Crippen molar-refractivity contribution < 1.29 is 0 Å². The predicted octanol–water partition coefficient (Wildman–Crippen LogP) is 12.7. The van der Waals surface area contributed by atoms with Crippen LogP contribution in [-0.4, -0.2) is 24.1 Å². The average Bonchev–Trinajstić information content (AvgIpc) is 3.80. The first-order chi connectivity index (χ1) is 27.8. The molecular formula is C51H33N5. The van der Waals surface area contributed by atoms with Crippen LogP contribution in [0.2, 0.25) is 0 Å². The maximum absolute atomic E-state index is 5.31. The topological polar surface area (TPSA) is 48.5 Å². The molecule has 0 unspecified atom stereocenters. The van der Waals surface area contributed by atoms with Crippen molar-refractivity contribution in [3.63, 3.8) is 0 Å². The van der Waals surface area contributed by atoms with Crippen LogP contribution in [0.1, 0.15) is 0 Å². The van der Waals surface area contributed by atoms with Crippen LogP contribution < -0.4 is 0 Å². The molecular weight excluding hydrogens is 683 g/mol. The maximum Gasteiger partial charge on any atom is 0.238 e. The molecule has 0 radical (unpaired) electrons. The number of nitrogens with zero attached hydrogens (tertiary/aromatic N) is 5. The van der Waals surface area contributed by atoms with E-state index < -0.39 is 0 Å². The molecule has 0 saturated heterocycles. The molecule has 5 heteroatoms. The van der Waals surface area contributed by atoms with Gasteiger partial charge in [0.25, 0.3) is 0 Å². The van der Waals surface area contributed by atoms with Crippen LogP contribution >= 0.6 is 0 Å². The number of para-hydroxylation sites is 2. The number of benzene rings is 8. The summed E-state index contributed by atoms with van der Waals surface area (Å²) < 4.78 is 4.68. The lowest BCUT2D eigenvalue weighted by Gasteiger charge is -2.16. The highest BCUT2D eigenvalue weighted by Crippen LogP contribution is 2.43. The van der Waals surface area contributed by atoms with Gasteiger partial charge < -0.3 is 4.57 Å². The second kappa shape index (κ2) is 13.0. The van der Waals surface area contributed by atoms with Crippen molar-refractivity contribution in [2.24, 2.45) is 0 Å². The van der Waals surface area contributed by atoms with Gasteiger partial charge in [0, 0.05) is 32.7 Å². The minimum atomic E-state index is 0.555. The van der Waals surface area contributed by atoms with Gasteiger partial charge in [-0.05, 0) is 58.7 Å². The van der Waals surface area contributed by atoms with Gasteiger partial charge in [-0.3, -0.25) is 4.57 Å². The van der Waals surface area contributed by atoms with Gasteiger partial charge in [-0.2, -0.15) is 9.97 Å². The lowest BCUT2D eigenvalue weighted by atomic mass is 9.99. The van der Waals surface area contributed by atoms with Crippen LogP contribution in [0.5, 0.6) is 0 Å². The maximum atomic E-state index is 5.31. The molecule has 11 aromatic rings. The summed E-state index contributed by atoms with van der Waals surface area (Å²) in [6.07, 6.45) is 0. The average molecular weight is 716 g/mol. The van der Waals surface area contributed by atoms with Gasteiger partial charge in [0.1, 0.15) is 0 Å². The van der Waals surface area contributed by atoms with Crippen molar-refractivity contribution in [3.05, 3.63) is 200 Å². The molecule has 0 spiro atoms. The van der Waals surface area contributed by atoms with Crippen LogP contribution in [0.4, 0.5) is 0 Å². The molecule has 0 atom stereocenters. The highest BCUT2D eigenvalue weighted by Gasteiger charge is 2.24. The van der Waals surface area contributed by atoms with Crippen LogP contribution in [-0.2, 0) is 0 Å². The second-order valence-corrected chi connectivity index (χ2v) is 14.1. The van der Waals surface area contributed by atoms with Crippen molar-refractivity contribution in [2.75, 3.05) is 0 Å². The fraction of sp³-hybridized carbons (Fsp3) is 0. The number of hydrogen-bond donors (Lipinski definition) is 0. The van der Waals surface area contributed by atoms with Crippen molar-refractivity contribution in [3.8, 4) is 56.7 Å².